The summed E-state index contributed by atoms with van der Waals surface area (Å²) in [5.41, 5.74) is 6.64. The molecule has 0 amide bonds. The molecule has 6 heteroatoms. The van der Waals surface area contributed by atoms with E-state index in [1.165, 1.54) is 18.3 Å². The van der Waals surface area contributed by atoms with Gasteiger partial charge in [-0.1, -0.05) is 6.07 Å². The largest absolute Gasteiger partial charge is 0.478 e. The van der Waals surface area contributed by atoms with E-state index in [0.29, 0.717) is 0 Å². The summed E-state index contributed by atoms with van der Waals surface area (Å²) >= 11 is 0. The number of halogens is 1. The molecule has 1 aromatic heterocycles. The van der Waals surface area contributed by atoms with E-state index in [1.807, 2.05) is 6.92 Å². The number of nitrogens with zero attached hydrogens (tertiary/aromatic N) is 1. The molecule has 5 nitrogen and oxygen atoms in total. The number of carbonyl (C=O) groups is 1. The van der Waals surface area contributed by atoms with E-state index in [4.69, 9.17) is 10.8 Å². The van der Waals surface area contributed by atoms with Crippen LogP contribution in [0.25, 0.3) is 0 Å². The minimum atomic E-state index is -1.16. The number of hydrogen-bond donors (Lipinski definition) is 3. The Bertz CT molecular complexity index is 644. The van der Waals surface area contributed by atoms with Gasteiger partial charge in [0.25, 0.3) is 0 Å². The van der Waals surface area contributed by atoms with E-state index in [9.17, 15) is 9.18 Å². The molecule has 0 saturated heterocycles. The highest BCUT2D eigenvalue weighted by atomic mass is 19.1. The minimum absolute atomic E-state index is 0.0316. The van der Waals surface area contributed by atoms with E-state index < -0.39 is 11.8 Å². The van der Waals surface area contributed by atoms with Gasteiger partial charge in [0.1, 0.15) is 5.82 Å². The highest BCUT2D eigenvalue weighted by Crippen LogP contribution is 2.26. The summed E-state index contributed by atoms with van der Waals surface area (Å²) in [6.45, 7) is 1.81. The summed E-state index contributed by atoms with van der Waals surface area (Å²) in [4.78, 5) is 14.9. The quantitative estimate of drug-likeness (QED) is 0.790. The monoisotopic (exact) mass is 261 g/mol. The number of pyridine rings is 1. The Labute approximate surface area is 108 Å². The molecule has 1 heterocycles. The van der Waals surface area contributed by atoms with E-state index in [0.717, 1.165) is 5.56 Å². The van der Waals surface area contributed by atoms with Gasteiger partial charge in [-0.25, -0.2) is 14.2 Å². The Balaban J connectivity index is 2.41. The number of hydrogen-bond acceptors (Lipinski definition) is 4. The van der Waals surface area contributed by atoms with E-state index in [-0.39, 0.29) is 22.8 Å². The van der Waals surface area contributed by atoms with Crippen LogP contribution in [0.3, 0.4) is 0 Å². The molecular weight excluding hydrogens is 249 g/mol. The second-order valence-electron chi connectivity index (χ2n) is 4.03. The zero-order valence-electron chi connectivity index (χ0n) is 10.1. The molecule has 2 rings (SSSR count). The van der Waals surface area contributed by atoms with Gasteiger partial charge >= 0.3 is 5.97 Å². The predicted molar refractivity (Wildman–Crippen MR) is 70.0 cm³/mol. The number of nitrogens with one attached hydrogen (secondary N) is 1. The van der Waals surface area contributed by atoms with Crippen LogP contribution >= 0.6 is 0 Å². The molecule has 0 aliphatic rings. The molecule has 4 N–H and O–H groups in total. The highest BCUT2D eigenvalue weighted by Gasteiger charge is 2.13. The SMILES string of the molecule is Cc1ccc(F)c(Nc2nccc(C(=O)O)c2N)c1. The summed E-state index contributed by atoms with van der Waals surface area (Å²) in [6, 6.07) is 5.82. The third kappa shape index (κ3) is 2.62. The number of carboxylic acids is 1. The van der Waals surface area contributed by atoms with Crippen molar-refractivity contribution >= 4 is 23.2 Å². The van der Waals surface area contributed by atoms with Gasteiger partial charge in [-0.2, -0.15) is 0 Å². The summed E-state index contributed by atoms with van der Waals surface area (Å²) in [5.74, 6) is -1.51. The van der Waals surface area contributed by atoms with Crippen LogP contribution in [0, 0.1) is 12.7 Å². The lowest BCUT2D eigenvalue weighted by molar-refractivity contribution is 0.0698. The van der Waals surface area contributed by atoms with Crippen LogP contribution in [0.2, 0.25) is 0 Å². The average Bonchev–Trinajstić information content (AvgIpc) is 2.36. The normalized spacial score (nSPS) is 10.2. The van der Waals surface area contributed by atoms with Gasteiger partial charge in [0, 0.05) is 6.20 Å². The smallest absolute Gasteiger partial charge is 0.337 e. The van der Waals surface area contributed by atoms with Crippen molar-refractivity contribution in [2.45, 2.75) is 6.92 Å². The van der Waals surface area contributed by atoms with Gasteiger partial charge in [0.15, 0.2) is 5.82 Å². The Morgan fingerprint density at radius 3 is 2.84 bits per heavy atom. The molecule has 0 spiro atoms. The summed E-state index contributed by atoms with van der Waals surface area (Å²) in [7, 11) is 0. The molecule has 0 unspecified atom stereocenters. The molecule has 1 aromatic carbocycles. The van der Waals surface area contributed by atoms with Crippen molar-refractivity contribution < 1.29 is 14.3 Å². The van der Waals surface area contributed by atoms with Crippen molar-refractivity contribution in [3.05, 3.63) is 47.4 Å². The van der Waals surface area contributed by atoms with Gasteiger partial charge in [-0.3, -0.25) is 0 Å². The molecule has 0 atom stereocenters. The summed E-state index contributed by atoms with van der Waals surface area (Å²) in [5, 5.41) is 11.6. The zero-order chi connectivity index (χ0) is 14.0. The van der Waals surface area contributed by atoms with Crippen LogP contribution in [0.5, 0.6) is 0 Å². The van der Waals surface area contributed by atoms with E-state index >= 15 is 0 Å². The fourth-order valence-electron chi connectivity index (χ4n) is 1.62. The molecular formula is C13H12FN3O2. The Morgan fingerprint density at radius 1 is 1.42 bits per heavy atom. The molecule has 0 bridgehead atoms. The van der Waals surface area contributed by atoms with Gasteiger partial charge < -0.3 is 16.2 Å². The zero-order valence-corrected chi connectivity index (χ0v) is 10.1. The van der Waals surface area contributed by atoms with E-state index in [2.05, 4.69) is 10.3 Å². The number of benzene rings is 1. The van der Waals surface area contributed by atoms with Crippen molar-refractivity contribution in [2.24, 2.45) is 0 Å². The van der Waals surface area contributed by atoms with Crippen LogP contribution in [-0.4, -0.2) is 16.1 Å². The third-order valence-electron chi connectivity index (χ3n) is 2.60. The first kappa shape index (κ1) is 12.8. The molecule has 0 radical (unpaired) electrons. The first-order chi connectivity index (χ1) is 8.99. The lowest BCUT2D eigenvalue weighted by Gasteiger charge is -2.11. The second-order valence-corrected chi connectivity index (χ2v) is 4.03. The fourth-order valence-corrected chi connectivity index (χ4v) is 1.62. The lowest BCUT2D eigenvalue weighted by atomic mass is 10.2. The number of aromatic nitrogens is 1. The molecule has 0 saturated carbocycles. The molecule has 0 aliphatic heterocycles. The number of aromatic carboxylic acids is 1. The topological polar surface area (TPSA) is 88.2 Å². The first-order valence-electron chi connectivity index (χ1n) is 5.50. The minimum Gasteiger partial charge on any atom is -0.478 e. The predicted octanol–water partition coefficient (Wildman–Crippen LogP) is 2.55. The van der Waals surface area contributed by atoms with Gasteiger partial charge in [0.05, 0.1) is 16.9 Å². The number of rotatable bonds is 3. The maximum absolute atomic E-state index is 13.6. The number of carboxylic acid groups (broad SMARTS) is 1. The first-order valence-corrected chi connectivity index (χ1v) is 5.50. The Hall–Kier alpha value is -2.63. The summed E-state index contributed by atoms with van der Waals surface area (Å²) in [6.07, 6.45) is 1.30. The maximum atomic E-state index is 13.6. The number of nitrogen functional groups attached to an aromatic ring is 1. The second kappa shape index (κ2) is 4.93. The van der Waals surface area contributed by atoms with Gasteiger partial charge in [-0.15, -0.1) is 0 Å². The van der Waals surface area contributed by atoms with Crippen LogP contribution in [0.4, 0.5) is 21.6 Å². The number of aryl methyl sites for hydroxylation is 1. The highest BCUT2D eigenvalue weighted by molar-refractivity contribution is 5.96. The molecule has 19 heavy (non-hydrogen) atoms. The van der Waals surface area contributed by atoms with Crippen molar-refractivity contribution in [1.29, 1.82) is 0 Å². The van der Waals surface area contributed by atoms with Gasteiger partial charge in [-0.05, 0) is 30.7 Å². The molecule has 98 valence electrons. The number of nitrogens with two attached hydrogens (primary N) is 1. The van der Waals surface area contributed by atoms with E-state index in [1.54, 1.807) is 12.1 Å². The maximum Gasteiger partial charge on any atom is 0.337 e. The fraction of sp³-hybridized carbons (Fsp3) is 0.0769. The molecule has 0 aliphatic carbocycles. The van der Waals surface area contributed by atoms with Crippen LogP contribution in [-0.2, 0) is 0 Å². The van der Waals surface area contributed by atoms with Crippen molar-refractivity contribution in [1.82, 2.24) is 4.98 Å². The number of anilines is 3. The van der Waals surface area contributed by atoms with Crippen molar-refractivity contribution in [3.8, 4) is 0 Å². The van der Waals surface area contributed by atoms with Crippen molar-refractivity contribution in [2.75, 3.05) is 11.1 Å². The lowest BCUT2D eigenvalue weighted by Crippen LogP contribution is -2.07. The Kier molecular flexibility index (Phi) is 3.33. The van der Waals surface area contributed by atoms with Crippen LogP contribution in [0.1, 0.15) is 15.9 Å². The third-order valence-corrected chi connectivity index (χ3v) is 2.60. The van der Waals surface area contributed by atoms with Gasteiger partial charge in [0.2, 0.25) is 0 Å². The standard InChI is InChI=1S/C13H12FN3O2/c1-7-2-3-9(14)10(6-7)17-12-11(15)8(13(18)19)4-5-16-12/h2-6H,15H2,1H3,(H,16,17)(H,18,19). The molecule has 2 aromatic rings. The van der Waals surface area contributed by atoms with Crippen LogP contribution < -0.4 is 11.1 Å². The average molecular weight is 261 g/mol. The summed E-state index contributed by atoms with van der Waals surface area (Å²) < 4.78 is 13.6. The molecule has 0 fully saturated rings. The Morgan fingerprint density at radius 2 is 2.16 bits per heavy atom. The van der Waals surface area contributed by atoms with Crippen molar-refractivity contribution in [3.63, 3.8) is 0 Å². The van der Waals surface area contributed by atoms with Crippen LogP contribution in [0.15, 0.2) is 30.5 Å².